The molecule has 2 aromatic carbocycles. The third kappa shape index (κ3) is 2.81. The van der Waals surface area contributed by atoms with E-state index in [1.807, 2.05) is 24.3 Å². The number of ether oxygens (including phenoxy) is 2. The lowest BCUT2D eigenvalue weighted by molar-refractivity contribution is -0.232. The molecule has 146 valence electrons. The minimum Gasteiger partial charge on any atom is -0.449 e. The number of carbonyl (C=O) groups is 1. The molecule has 0 radical (unpaired) electrons. The molecule has 2 aliphatic heterocycles. The number of benzene rings is 2. The summed E-state index contributed by atoms with van der Waals surface area (Å²) in [6.45, 7) is 1.59. The second kappa shape index (κ2) is 6.61. The number of amides is 1. The molecule has 0 unspecified atom stereocenters. The summed E-state index contributed by atoms with van der Waals surface area (Å²) in [6, 6.07) is 16.6. The van der Waals surface area contributed by atoms with E-state index in [1.165, 1.54) is 22.3 Å². The average Bonchev–Trinajstić information content (AvgIpc) is 3.04. The molecule has 3 fully saturated rings. The van der Waals surface area contributed by atoms with Gasteiger partial charge in [0.25, 0.3) is 0 Å². The highest BCUT2D eigenvalue weighted by molar-refractivity contribution is 5.79. The first-order chi connectivity index (χ1) is 13.6. The Labute approximate surface area is 164 Å². The van der Waals surface area contributed by atoms with E-state index in [1.54, 1.807) is 0 Å². The van der Waals surface area contributed by atoms with Crippen LogP contribution in [0.4, 0.5) is 4.79 Å². The van der Waals surface area contributed by atoms with Crippen molar-refractivity contribution in [3.8, 4) is 11.1 Å². The van der Waals surface area contributed by atoms with E-state index >= 15 is 0 Å². The number of aliphatic hydroxyl groups is 1. The lowest BCUT2D eigenvalue weighted by atomic mass is 9.56. The Bertz CT molecular complexity index is 857. The Balaban J connectivity index is 1.21. The standard InChI is InChI=1S/C23H25NO4/c25-15-22-9-10-28-23(12-22,13-22)14-24-21(26)27-11-20-18-7-3-1-5-16(18)17-6-2-4-8-19(17)20/h1-8,20,25H,9-15H2,(H,24,26). The molecule has 0 atom stereocenters. The maximum Gasteiger partial charge on any atom is 0.407 e. The molecular formula is C23H25NO4. The summed E-state index contributed by atoms with van der Waals surface area (Å²) in [6.07, 6.45) is 2.10. The highest BCUT2D eigenvalue weighted by atomic mass is 16.5. The maximum atomic E-state index is 12.3. The van der Waals surface area contributed by atoms with Crippen LogP contribution < -0.4 is 5.32 Å². The van der Waals surface area contributed by atoms with E-state index in [9.17, 15) is 9.90 Å². The van der Waals surface area contributed by atoms with E-state index in [-0.39, 0.29) is 23.5 Å². The molecule has 0 aromatic heterocycles. The van der Waals surface area contributed by atoms with Gasteiger partial charge in [-0.25, -0.2) is 4.79 Å². The first kappa shape index (κ1) is 17.7. The summed E-state index contributed by atoms with van der Waals surface area (Å²) in [5.74, 6) is 0.0629. The Kier molecular flexibility index (Phi) is 4.18. The van der Waals surface area contributed by atoms with Gasteiger partial charge in [-0.05, 0) is 41.5 Å². The largest absolute Gasteiger partial charge is 0.449 e. The van der Waals surface area contributed by atoms with Crippen molar-refractivity contribution < 1.29 is 19.4 Å². The fourth-order valence-corrected chi connectivity index (χ4v) is 5.33. The first-order valence-corrected chi connectivity index (χ1v) is 9.97. The minimum atomic E-state index is -0.410. The highest BCUT2D eigenvalue weighted by Gasteiger charge is 2.58. The molecule has 1 saturated carbocycles. The van der Waals surface area contributed by atoms with Crippen LogP contribution in [0.15, 0.2) is 48.5 Å². The van der Waals surface area contributed by atoms with Gasteiger partial charge in [0, 0.05) is 31.1 Å². The quantitative estimate of drug-likeness (QED) is 0.835. The third-order valence-corrected chi connectivity index (χ3v) is 6.67. The van der Waals surface area contributed by atoms with E-state index in [2.05, 4.69) is 29.6 Å². The van der Waals surface area contributed by atoms with E-state index < -0.39 is 6.09 Å². The van der Waals surface area contributed by atoms with Crippen molar-refractivity contribution in [1.29, 1.82) is 0 Å². The van der Waals surface area contributed by atoms with Gasteiger partial charge in [0.15, 0.2) is 0 Å². The van der Waals surface area contributed by atoms with Crippen LogP contribution in [-0.4, -0.2) is 43.2 Å². The minimum absolute atomic E-state index is 0.00109. The van der Waals surface area contributed by atoms with Crippen molar-refractivity contribution in [3.63, 3.8) is 0 Å². The van der Waals surface area contributed by atoms with Crippen LogP contribution in [0.25, 0.3) is 11.1 Å². The van der Waals surface area contributed by atoms with Gasteiger partial charge in [-0.1, -0.05) is 48.5 Å². The zero-order valence-corrected chi connectivity index (χ0v) is 15.8. The number of aliphatic hydroxyl groups excluding tert-OH is 1. The van der Waals surface area contributed by atoms with E-state index in [4.69, 9.17) is 9.47 Å². The van der Waals surface area contributed by atoms with Crippen molar-refractivity contribution in [1.82, 2.24) is 5.32 Å². The van der Waals surface area contributed by atoms with Crippen LogP contribution in [-0.2, 0) is 9.47 Å². The number of fused-ring (bicyclic) bond motifs is 5. The smallest absolute Gasteiger partial charge is 0.407 e. The number of rotatable bonds is 5. The summed E-state index contributed by atoms with van der Waals surface area (Å²) < 4.78 is 11.5. The molecule has 28 heavy (non-hydrogen) atoms. The zero-order valence-electron chi connectivity index (χ0n) is 15.8. The van der Waals surface area contributed by atoms with Gasteiger partial charge in [-0.15, -0.1) is 0 Å². The predicted octanol–water partition coefficient (Wildman–Crippen LogP) is 3.46. The summed E-state index contributed by atoms with van der Waals surface area (Å²) in [5.41, 5.74) is 4.52. The summed E-state index contributed by atoms with van der Waals surface area (Å²) in [7, 11) is 0. The van der Waals surface area contributed by atoms with Gasteiger partial charge in [0.2, 0.25) is 0 Å². The number of alkyl carbamates (subject to hydrolysis) is 1. The maximum absolute atomic E-state index is 12.3. The predicted molar refractivity (Wildman–Crippen MR) is 105 cm³/mol. The molecule has 5 nitrogen and oxygen atoms in total. The fraction of sp³-hybridized carbons (Fsp3) is 0.435. The van der Waals surface area contributed by atoms with Gasteiger partial charge in [-0.3, -0.25) is 0 Å². The molecule has 0 spiro atoms. The zero-order chi connectivity index (χ0) is 19.2. The molecule has 5 heteroatoms. The Morgan fingerprint density at radius 2 is 1.75 bits per heavy atom. The van der Waals surface area contributed by atoms with Crippen molar-refractivity contribution in [2.45, 2.75) is 30.8 Å². The van der Waals surface area contributed by atoms with Gasteiger partial charge in [-0.2, -0.15) is 0 Å². The summed E-state index contributed by atoms with van der Waals surface area (Å²) in [4.78, 5) is 12.3. The van der Waals surface area contributed by atoms with Crippen molar-refractivity contribution >= 4 is 6.09 Å². The third-order valence-electron chi connectivity index (χ3n) is 6.67. The molecule has 1 amide bonds. The second-order valence-electron chi connectivity index (χ2n) is 8.47. The van der Waals surface area contributed by atoms with Crippen LogP contribution in [0.2, 0.25) is 0 Å². The van der Waals surface area contributed by atoms with E-state index in [0.717, 1.165) is 19.3 Å². The summed E-state index contributed by atoms with van der Waals surface area (Å²) in [5, 5.41) is 12.5. The van der Waals surface area contributed by atoms with Crippen LogP contribution in [0.3, 0.4) is 0 Å². The van der Waals surface area contributed by atoms with Crippen molar-refractivity contribution in [2.75, 3.05) is 26.4 Å². The lowest BCUT2D eigenvalue weighted by Crippen LogP contribution is -2.64. The summed E-state index contributed by atoms with van der Waals surface area (Å²) >= 11 is 0. The molecule has 2 aromatic rings. The molecule has 2 aliphatic carbocycles. The molecule has 2 bridgehead atoms. The Hall–Kier alpha value is -2.37. The van der Waals surface area contributed by atoms with Gasteiger partial charge in [0.05, 0.1) is 5.60 Å². The average molecular weight is 379 g/mol. The number of nitrogens with one attached hydrogen (secondary N) is 1. The monoisotopic (exact) mass is 379 g/mol. The normalized spacial score (nSPS) is 27.5. The molecule has 6 rings (SSSR count). The van der Waals surface area contributed by atoms with Gasteiger partial charge in [0.1, 0.15) is 6.61 Å². The lowest BCUT2D eigenvalue weighted by Gasteiger charge is -2.59. The van der Waals surface area contributed by atoms with Crippen LogP contribution in [0, 0.1) is 5.41 Å². The second-order valence-corrected chi connectivity index (χ2v) is 8.47. The van der Waals surface area contributed by atoms with Crippen LogP contribution in [0.5, 0.6) is 0 Å². The van der Waals surface area contributed by atoms with Gasteiger partial charge >= 0.3 is 6.09 Å². The number of hydrogen-bond donors (Lipinski definition) is 2. The molecule has 2 heterocycles. The SMILES string of the molecule is O=C(NCC12CC(CO)(CCO1)C2)OCC1c2ccccc2-c2ccccc21. The topological polar surface area (TPSA) is 67.8 Å². The fourth-order valence-electron chi connectivity index (χ4n) is 5.33. The van der Waals surface area contributed by atoms with Crippen molar-refractivity contribution in [2.24, 2.45) is 5.41 Å². The highest BCUT2D eigenvalue weighted by Crippen LogP contribution is 2.56. The first-order valence-electron chi connectivity index (χ1n) is 9.97. The van der Waals surface area contributed by atoms with Gasteiger partial charge < -0.3 is 19.9 Å². The molecular weight excluding hydrogens is 354 g/mol. The molecule has 4 aliphatic rings. The molecule has 2 N–H and O–H groups in total. The molecule has 2 saturated heterocycles. The van der Waals surface area contributed by atoms with Crippen LogP contribution in [0.1, 0.15) is 36.3 Å². The Morgan fingerprint density at radius 3 is 2.39 bits per heavy atom. The number of carbonyl (C=O) groups excluding carboxylic acids is 1. The van der Waals surface area contributed by atoms with E-state index in [0.29, 0.717) is 19.8 Å². The van der Waals surface area contributed by atoms with Crippen LogP contribution >= 0.6 is 0 Å². The van der Waals surface area contributed by atoms with Crippen molar-refractivity contribution in [3.05, 3.63) is 59.7 Å². The number of hydrogen-bond acceptors (Lipinski definition) is 4. The Morgan fingerprint density at radius 1 is 1.11 bits per heavy atom.